The van der Waals surface area contributed by atoms with Crippen LogP contribution in [0.15, 0.2) is 12.7 Å². The van der Waals surface area contributed by atoms with E-state index >= 15 is 0 Å². The van der Waals surface area contributed by atoms with E-state index in [0.717, 1.165) is 0 Å². The molecule has 1 aliphatic rings. The van der Waals surface area contributed by atoms with Crippen molar-refractivity contribution >= 4 is 30.5 Å². The Kier molecular flexibility index (Phi) is 7.41. The number of hydrogen-bond acceptors (Lipinski definition) is 10. The first-order valence-electron chi connectivity index (χ1n) is 9.89. The fraction of sp³-hybridized carbons (Fsp3) is 0.667. The molecule has 0 radical (unpaired) electrons. The number of fused-ring (bicyclic) bond motifs is 1. The molecular weight excluding hydrogens is 413 g/mol. The van der Waals surface area contributed by atoms with Gasteiger partial charge < -0.3 is 28.8 Å². The van der Waals surface area contributed by atoms with E-state index in [1.54, 1.807) is 24.7 Å². The highest BCUT2D eigenvalue weighted by Crippen LogP contribution is 2.52. The Balaban J connectivity index is 1.46. The molecule has 12 heteroatoms. The molecule has 0 bridgehead atoms. The predicted octanol–water partition coefficient (Wildman–Crippen LogP) is 2.22. The summed E-state index contributed by atoms with van der Waals surface area (Å²) in [5, 5.41) is 0. The van der Waals surface area contributed by atoms with Crippen molar-refractivity contribution in [2.75, 3.05) is 31.9 Å². The normalized spacial score (nSPS) is 23.9. The minimum atomic E-state index is -3.34. The lowest BCUT2D eigenvalue weighted by atomic mass is 9.97. The van der Waals surface area contributed by atoms with Crippen molar-refractivity contribution < 1.29 is 27.9 Å². The Labute approximate surface area is 174 Å². The number of imidazole rings is 1. The van der Waals surface area contributed by atoms with Crippen molar-refractivity contribution in [3.63, 3.8) is 0 Å². The van der Waals surface area contributed by atoms with Gasteiger partial charge in [0.25, 0.3) is 0 Å². The zero-order chi connectivity index (χ0) is 21.7. The van der Waals surface area contributed by atoms with Gasteiger partial charge in [0, 0.05) is 5.92 Å². The van der Waals surface area contributed by atoms with Crippen molar-refractivity contribution in [2.24, 2.45) is 11.8 Å². The number of anilines is 1. The van der Waals surface area contributed by atoms with Crippen LogP contribution in [0, 0.1) is 11.8 Å². The zero-order valence-corrected chi connectivity index (χ0v) is 18.3. The summed E-state index contributed by atoms with van der Waals surface area (Å²) in [6, 6.07) is 0. The Morgan fingerprint density at radius 1 is 1.33 bits per heavy atom. The number of aromatic nitrogens is 4. The third-order valence-corrected chi connectivity index (χ3v) is 6.34. The molecule has 1 aliphatic heterocycles. The highest BCUT2D eigenvalue weighted by atomic mass is 31.2. The van der Waals surface area contributed by atoms with Gasteiger partial charge in [0.2, 0.25) is 0 Å². The number of esters is 1. The molecule has 30 heavy (non-hydrogen) atoms. The SMILES string of the molecule is CCOC(=O)C(C)CC1COP(=O)(CO[C@H](C)Cn2cnc3c(N)ncnc32)OC1. The fourth-order valence-corrected chi connectivity index (χ4v) is 4.73. The van der Waals surface area contributed by atoms with Gasteiger partial charge >= 0.3 is 13.6 Å². The first-order chi connectivity index (χ1) is 14.3. The summed E-state index contributed by atoms with van der Waals surface area (Å²) in [6.45, 7) is 6.70. The number of carbonyl (C=O) groups is 1. The molecule has 1 fully saturated rings. The Hall–Kier alpha value is -2.07. The van der Waals surface area contributed by atoms with Gasteiger partial charge in [-0.25, -0.2) is 15.0 Å². The zero-order valence-electron chi connectivity index (χ0n) is 17.4. The lowest BCUT2D eigenvalue weighted by Gasteiger charge is -2.30. The van der Waals surface area contributed by atoms with Crippen molar-refractivity contribution in [1.82, 2.24) is 19.5 Å². The molecular formula is C18H28N5O6P. The van der Waals surface area contributed by atoms with Crippen LogP contribution < -0.4 is 5.73 Å². The van der Waals surface area contributed by atoms with E-state index < -0.39 is 7.60 Å². The third-order valence-electron chi connectivity index (χ3n) is 4.79. The Morgan fingerprint density at radius 2 is 2.07 bits per heavy atom. The Morgan fingerprint density at radius 3 is 2.77 bits per heavy atom. The molecule has 0 saturated carbocycles. The predicted molar refractivity (Wildman–Crippen MR) is 109 cm³/mol. The molecule has 0 amide bonds. The summed E-state index contributed by atoms with van der Waals surface area (Å²) in [6.07, 6.45) is 3.09. The van der Waals surface area contributed by atoms with Gasteiger partial charge in [-0.05, 0) is 20.3 Å². The molecule has 2 N–H and O–H groups in total. The number of nitrogens with zero attached hydrogens (tertiary/aromatic N) is 4. The monoisotopic (exact) mass is 441 g/mol. The van der Waals surface area contributed by atoms with Crippen LogP contribution in [-0.4, -0.2) is 57.8 Å². The number of nitrogen functional groups attached to an aromatic ring is 1. The molecule has 1 saturated heterocycles. The van der Waals surface area contributed by atoms with E-state index in [9.17, 15) is 9.36 Å². The molecule has 3 rings (SSSR count). The topological polar surface area (TPSA) is 141 Å². The van der Waals surface area contributed by atoms with Gasteiger partial charge in [-0.2, -0.15) is 0 Å². The van der Waals surface area contributed by atoms with Crippen LogP contribution in [0.1, 0.15) is 27.2 Å². The minimum Gasteiger partial charge on any atom is -0.466 e. The molecule has 2 atom stereocenters. The number of nitrogens with two attached hydrogens (primary N) is 1. The standard InChI is InChI=1S/C18H28N5O6P/c1-4-26-18(24)12(2)5-14-7-28-30(25,29-8-14)11-27-13(3)6-23-10-22-15-16(19)20-9-21-17(15)23/h9-10,12-14H,4-8,11H2,1-3H3,(H2,19,20,21)/t12?,13-,14?,30?/m1/s1. The lowest BCUT2D eigenvalue weighted by molar-refractivity contribution is -0.148. The minimum absolute atomic E-state index is 0.0219. The van der Waals surface area contributed by atoms with Crippen LogP contribution in [0.4, 0.5) is 5.82 Å². The van der Waals surface area contributed by atoms with Gasteiger partial charge in [0.15, 0.2) is 11.5 Å². The van der Waals surface area contributed by atoms with Crippen LogP contribution in [0.2, 0.25) is 0 Å². The largest absolute Gasteiger partial charge is 0.466 e. The molecule has 11 nitrogen and oxygen atoms in total. The number of carbonyl (C=O) groups excluding carboxylic acids is 1. The highest BCUT2D eigenvalue weighted by molar-refractivity contribution is 7.53. The summed E-state index contributed by atoms with van der Waals surface area (Å²) in [4.78, 5) is 24.1. The number of hydrogen-bond donors (Lipinski definition) is 1. The van der Waals surface area contributed by atoms with Crippen molar-refractivity contribution in [3.8, 4) is 0 Å². The van der Waals surface area contributed by atoms with E-state index in [1.807, 2.05) is 6.92 Å². The van der Waals surface area contributed by atoms with Crippen LogP contribution >= 0.6 is 7.60 Å². The molecule has 2 aromatic rings. The van der Waals surface area contributed by atoms with Crippen LogP contribution in [0.5, 0.6) is 0 Å². The van der Waals surface area contributed by atoms with Crippen molar-refractivity contribution in [2.45, 2.75) is 39.8 Å². The fourth-order valence-electron chi connectivity index (χ4n) is 3.20. The third kappa shape index (κ3) is 5.54. The first kappa shape index (κ1) is 22.6. The van der Waals surface area contributed by atoms with Crippen LogP contribution in [-0.2, 0) is 34.4 Å². The quantitative estimate of drug-likeness (QED) is 0.455. The molecule has 3 heterocycles. The van der Waals surface area contributed by atoms with Gasteiger partial charge in [0.05, 0.1) is 44.7 Å². The Bertz CT molecular complexity index is 910. The highest BCUT2D eigenvalue weighted by Gasteiger charge is 2.34. The number of rotatable bonds is 9. The van der Waals surface area contributed by atoms with Crippen LogP contribution in [0.25, 0.3) is 11.2 Å². The van der Waals surface area contributed by atoms with Crippen molar-refractivity contribution in [3.05, 3.63) is 12.7 Å². The molecule has 0 aliphatic carbocycles. The van der Waals surface area contributed by atoms with E-state index in [2.05, 4.69) is 15.0 Å². The summed E-state index contributed by atoms with van der Waals surface area (Å²) >= 11 is 0. The van der Waals surface area contributed by atoms with Crippen molar-refractivity contribution in [1.29, 1.82) is 0 Å². The second-order valence-corrected chi connectivity index (χ2v) is 9.39. The summed E-state index contributed by atoms with van der Waals surface area (Å²) < 4.78 is 36.2. The van der Waals surface area contributed by atoms with Gasteiger partial charge in [0.1, 0.15) is 18.2 Å². The lowest BCUT2D eigenvalue weighted by Crippen LogP contribution is -2.28. The van der Waals surface area contributed by atoms with Gasteiger partial charge in [-0.15, -0.1) is 0 Å². The van der Waals surface area contributed by atoms with E-state index in [4.69, 9.17) is 24.3 Å². The molecule has 0 aromatic carbocycles. The molecule has 1 unspecified atom stereocenters. The smallest absolute Gasteiger partial charge is 0.356 e. The molecule has 2 aromatic heterocycles. The van der Waals surface area contributed by atoms with Crippen LogP contribution in [0.3, 0.4) is 0 Å². The second-order valence-electron chi connectivity index (χ2n) is 7.39. The summed E-state index contributed by atoms with van der Waals surface area (Å²) in [7, 11) is -3.34. The van der Waals surface area contributed by atoms with Gasteiger partial charge in [-0.1, -0.05) is 6.92 Å². The summed E-state index contributed by atoms with van der Waals surface area (Å²) in [5.74, 6) is -0.222. The molecule has 0 spiro atoms. The van der Waals surface area contributed by atoms with Gasteiger partial charge in [-0.3, -0.25) is 9.36 Å². The summed E-state index contributed by atoms with van der Waals surface area (Å²) in [5.41, 5.74) is 6.93. The maximum atomic E-state index is 12.7. The van der Waals surface area contributed by atoms with E-state index in [0.29, 0.717) is 36.6 Å². The average molecular weight is 441 g/mol. The number of ether oxygens (including phenoxy) is 2. The second kappa shape index (κ2) is 9.82. The first-order valence-corrected chi connectivity index (χ1v) is 11.6. The van der Waals surface area contributed by atoms with E-state index in [-0.39, 0.29) is 43.5 Å². The van der Waals surface area contributed by atoms with E-state index in [1.165, 1.54) is 6.33 Å². The average Bonchev–Trinajstić information content (AvgIpc) is 3.13. The maximum absolute atomic E-state index is 12.7. The molecule has 166 valence electrons. The maximum Gasteiger partial charge on any atom is 0.356 e.